The Morgan fingerprint density at radius 1 is 1.11 bits per heavy atom. The molecule has 6 nitrogen and oxygen atoms in total. The Morgan fingerprint density at radius 2 is 1.74 bits per heavy atom. The summed E-state index contributed by atoms with van der Waals surface area (Å²) in [5.74, 6) is -0.825. The summed E-state index contributed by atoms with van der Waals surface area (Å²) in [6.45, 7) is 13.7. The van der Waals surface area contributed by atoms with Crippen LogP contribution in [-0.2, 0) is 28.6 Å². The van der Waals surface area contributed by atoms with Crippen LogP contribution in [0.4, 0.5) is 0 Å². The second kappa shape index (κ2) is 11.3. The normalized spacial score (nSPS) is 30.1. The second-order valence-electron chi connectivity index (χ2n) is 11.2. The van der Waals surface area contributed by atoms with Gasteiger partial charge in [0.15, 0.2) is 22.8 Å². The first-order valence-electron chi connectivity index (χ1n) is 12.6. The van der Waals surface area contributed by atoms with Crippen LogP contribution in [0, 0.1) is 22.2 Å². The molecule has 2 rings (SSSR count). The van der Waals surface area contributed by atoms with E-state index in [0.717, 1.165) is 11.1 Å². The Balaban J connectivity index is 2.90. The summed E-state index contributed by atoms with van der Waals surface area (Å²) in [5, 5.41) is 0. The molecule has 196 valence electrons. The summed E-state index contributed by atoms with van der Waals surface area (Å²) in [5.41, 5.74) is -1.84. The lowest BCUT2D eigenvalue weighted by molar-refractivity contribution is -0.204. The Hall–Kier alpha value is -2.05. The van der Waals surface area contributed by atoms with Crippen LogP contribution in [-0.4, -0.2) is 44.5 Å². The summed E-state index contributed by atoms with van der Waals surface area (Å²) >= 11 is 0. The molecule has 0 heterocycles. The molecule has 0 radical (unpaired) electrons. The quantitative estimate of drug-likeness (QED) is 0.197. The van der Waals surface area contributed by atoms with Crippen molar-refractivity contribution in [3.63, 3.8) is 0 Å². The monoisotopic (exact) mass is 488 g/mol. The molecule has 0 aromatic heterocycles. The zero-order valence-electron chi connectivity index (χ0n) is 23.1. The van der Waals surface area contributed by atoms with Gasteiger partial charge in [0.2, 0.25) is 0 Å². The Kier molecular flexibility index (Phi) is 9.46. The van der Waals surface area contributed by atoms with Crippen LogP contribution < -0.4 is 0 Å². The minimum Gasteiger partial charge on any atom is -0.500 e. The van der Waals surface area contributed by atoms with Crippen molar-refractivity contribution in [2.24, 2.45) is 22.2 Å². The first-order valence-corrected chi connectivity index (χ1v) is 12.6. The summed E-state index contributed by atoms with van der Waals surface area (Å²) in [6.07, 6.45) is 6.81. The van der Waals surface area contributed by atoms with Gasteiger partial charge >= 0.3 is 0 Å². The maximum atomic E-state index is 14.7. The van der Waals surface area contributed by atoms with Crippen LogP contribution >= 0.6 is 0 Å². The first-order chi connectivity index (χ1) is 16.3. The van der Waals surface area contributed by atoms with Gasteiger partial charge in [-0.15, -0.1) is 0 Å². The molecule has 0 N–H and O–H groups in total. The van der Waals surface area contributed by atoms with E-state index < -0.39 is 28.1 Å². The van der Waals surface area contributed by atoms with Gasteiger partial charge in [-0.2, -0.15) is 0 Å². The van der Waals surface area contributed by atoms with Crippen LogP contribution in [0.5, 0.6) is 0 Å². The van der Waals surface area contributed by atoms with Crippen molar-refractivity contribution in [1.82, 2.24) is 0 Å². The van der Waals surface area contributed by atoms with Gasteiger partial charge in [0.05, 0.1) is 18.6 Å². The van der Waals surface area contributed by atoms with Crippen molar-refractivity contribution in [3.05, 3.63) is 35.1 Å². The minimum atomic E-state index is -1.83. The molecular formula is C29H44O6. The van der Waals surface area contributed by atoms with Gasteiger partial charge in [-0.05, 0) is 59.3 Å². The smallest absolute Gasteiger partial charge is 0.180 e. The van der Waals surface area contributed by atoms with Gasteiger partial charge in [-0.3, -0.25) is 14.4 Å². The lowest BCUT2D eigenvalue weighted by Crippen LogP contribution is -2.71. The molecule has 0 aliphatic heterocycles. The zero-order valence-corrected chi connectivity index (χ0v) is 23.1. The van der Waals surface area contributed by atoms with Crippen LogP contribution in [0.1, 0.15) is 80.6 Å². The van der Waals surface area contributed by atoms with Crippen molar-refractivity contribution in [1.29, 1.82) is 0 Å². The Morgan fingerprint density at radius 3 is 2.26 bits per heavy atom. The lowest BCUT2D eigenvalue weighted by Gasteiger charge is -2.59. The lowest BCUT2D eigenvalue weighted by atomic mass is 9.41. The average Bonchev–Trinajstić information content (AvgIpc) is 2.75. The van der Waals surface area contributed by atoms with Crippen LogP contribution in [0.15, 0.2) is 35.1 Å². The average molecular weight is 489 g/mol. The van der Waals surface area contributed by atoms with Crippen molar-refractivity contribution >= 4 is 17.3 Å². The molecule has 4 unspecified atom stereocenters. The molecule has 1 fully saturated rings. The fourth-order valence-electron chi connectivity index (χ4n) is 5.88. The molecule has 6 heteroatoms. The largest absolute Gasteiger partial charge is 0.500 e. The molecule has 0 amide bonds. The first kappa shape index (κ1) is 29.2. The molecule has 2 aliphatic carbocycles. The summed E-state index contributed by atoms with van der Waals surface area (Å²) in [6, 6.07) is 0. The van der Waals surface area contributed by atoms with E-state index in [4.69, 9.17) is 14.2 Å². The SMILES string of the molecule is COCOC1CC2(CC=C(C)C)C(=O)C(C(=O)CC(C)C)(C(=O)C=C2OC)C1(C)CCC=C(C)C. The maximum Gasteiger partial charge on any atom is 0.180 e. The third-order valence-corrected chi connectivity index (χ3v) is 7.67. The highest BCUT2D eigenvalue weighted by Crippen LogP contribution is 2.64. The predicted octanol–water partition coefficient (Wildman–Crippen LogP) is 5.76. The van der Waals surface area contributed by atoms with Gasteiger partial charge in [0.25, 0.3) is 0 Å². The van der Waals surface area contributed by atoms with E-state index in [2.05, 4.69) is 6.08 Å². The van der Waals surface area contributed by atoms with Crippen molar-refractivity contribution in [2.45, 2.75) is 86.7 Å². The summed E-state index contributed by atoms with van der Waals surface area (Å²) < 4.78 is 17.2. The highest BCUT2D eigenvalue weighted by Gasteiger charge is 2.75. The van der Waals surface area contributed by atoms with Gasteiger partial charge < -0.3 is 14.2 Å². The van der Waals surface area contributed by atoms with Gasteiger partial charge in [0.1, 0.15) is 12.6 Å². The topological polar surface area (TPSA) is 78.9 Å². The standard InChI is InChI=1S/C29H44O6/c1-19(2)11-10-13-27(7)25(35-18-33-8)17-28(14-12-20(3)4)24(34-9)16-23(31)29(27,26(28)32)22(30)15-21(5)6/h11-12,16,21,25H,10,13-15,17-18H2,1-9H3. The Labute approximate surface area is 211 Å². The Bertz CT molecular complexity index is 917. The second-order valence-corrected chi connectivity index (χ2v) is 11.2. The van der Waals surface area contributed by atoms with E-state index >= 15 is 0 Å². The number of fused-ring (bicyclic) bond motifs is 2. The summed E-state index contributed by atoms with van der Waals surface area (Å²) in [4.78, 5) is 42.9. The molecule has 2 bridgehead atoms. The molecule has 0 aromatic carbocycles. The van der Waals surface area contributed by atoms with E-state index in [9.17, 15) is 14.4 Å². The molecular weight excluding hydrogens is 444 g/mol. The number of hydrogen-bond acceptors (Lipinski definition) is 6. The van der Waals surface area contributed by atoms with E-state index in [1.165, 1.54) is 13.2 Å². The number of methoxy groups -OCH3 is 2. The number of carbonyl (C=O) groups is 3. The van der Waals surface area contributed by atoms with Gasteiger partial charge in [0, 0.05) is 25.0 Å². The van der Waals surface area contributed by atoms with Gasteiger partial charge in [-0.1, -0.05) is 44.1 Å². The highest BCUT2D eigenvalue weighted by atomic mass is 16.7. The van der Waals surface area contributed by atoms with Crippen LogP contribution in [0.2, 0.25) is 0 Å². The molecule has 35 heavy (non-hydrogen) atoms. The van der Waals surface area contributed by atoms with Crippen molar-refractivity contribution in [2.75, 3.05) is 21.0 Å². The molecule has 0 saturated heterocycles. The maximum absolute atomic E-state index is 14.7. The van der Waals surface area contributed by atoms with E-state index in [1.54, 1.807) is 7.11 Å². The fraction of sp³-hybridized carbons (Fsp3) is 0.690. The van der Waals surface area contributed by atoms with Crippen molar-refractivity contribution < 1.29 is 28.6 Å². The number of allylic oxidation sites excluding steroid dienone is 6. The van der Waals surface area contributed by atoms with Crippen molar-refractivity contribution in [3.8, 4) is 0 Å². The molecule has 4 atom stereocenters. The summed E-state index contributed by atoms with van der Waals surface area (Å²) in [7, 11) is 3.02. The number of rotatable bonds is 12. The number of carbonyl (C=O) groups excluding carboxylic acids is 3. The molecule has 2 aliphatic rings. The number of ether oxygens (including phenoxy) is 3. The van der Waals surface area contributed by atoms with E-state index in [0.29, 0.717) is 31.4 Å². The van der Waals surface area contributed by atoms with E-state index in [-0.39, 0.29) is 30.7 Å². The molecule has 1 saturated carbocycles. The third kappa shape index (κ3) is 5.10. The third-order valence-electron chi connectivity index (χ3n) is 7.67. The van der Waals surface area contributed by atoms with Gasteiger partial charge in [-0.25, -0.2) is 0 Å². The van der Waals surface area contributed by atoms with Crippen LogP contribution in [0.25, 0.3) is 0 Å². The van der Waals surface area contributed by atoms with E-state index in [1.807, 2.05) is 54.5 Å². The van der Waals surface area contributed by atoms with Crippen LogP contribution in [0.3, 0.4) is 0 Å². The molecule has 0 aromatic rings. The number of ketones is 3. The minimum absolute atomic E-state index is 0.000221. The predicted molar refractivity (Wildman–Crippen MR) is 137 cm³/mol. The number of hydrogen-bond donors (Lipinski definition) is 0. The number of Topliss-reactive ketones (excluding diaryl/α,β-unsaturated/α-hetero) is 2. The highest BCUT2D eigenvalue weighted by molar-refractivity contribution is 6.32. The zero-order chi connectivity index (χ0) is 26.6. The molecule has 0 spiro atoms. The fourth-order valence-corrected chi connectivity index (χ4v) is 5.88.